The second-order valence-electron chi connectivity index (χ2n) is 7.60. The van der Waals surface area contributed by atoms with Crippen LogP contribution in [0, 0.1) is 0 Å². The Morgan fingerprint density at radius 1 is 0.846 bits per heavy atom. The van der Waals surface area contributed by atoms with Crippen LogP contribution >= 0.6 is 0 Å². The number of hydrogen-bond donors (Lipinski definition) is 1. The molecular formula is C22H42N2O2. The smallest absolute Gasteiger partial charge is 0.324 e. The molecular weight excluding hydrogens is 324 g/mol. The first kappa shape index (κ1) is 23.0. The number of aliphatic hydroxyl groups excluding tert-OH is 1. The zero-order valence-electron chi connectivity index (χ0n) is 17.1. The number of hydrogen-bond acceptors (Lipinski definition) is 2. The molecule has 1 aliphatic rings. The molecule has 4 nitrogen and oxygen atoms in total. The quantitative estimate of drug-likeness (QED) is 0.335. The third-order valence-corrected chi connectivity index (χ3v) is 5.26. The van der Waals surface area contributed by atoms with Crippen molar-refractivity contribution in [3.63, 3.8) is 0 Å². The van der Waals surface area contributed by atoms with Crippen LogP contribution < -0.4 is 0 Å². The Bertz CT molecular complexity index is 371. The van der Waals surface area contributed by atoms with Crippen molar-refractivity contribution in [2.75, 3.05) is 26.2 Å². The summed E-state index contributed by atoms with van der Waals surface area (Å²) in [4.78, 5) is 15.4. The molecule has 0 aromatic carbocycles. The Morgan fingerprint density at radius 3 is 1.92 bits per heavy atom. The van der Waals surface area contributed by atoms with Gasteiger partial charge >= 0.3 is 6.03 Å². The van der Waals surface area contributed by atoms with E-state index in [0.717, 1.165) is 19.5 Å². The maximum Gasteiger partial charge on any atom is 0.324 e. The van der Waals surface area contributed by atoms with Crippen LogP contribution in [-0.4, -0.2) is 47.2 Å². The third kappa shape index (κ3) is 10.8. The van der Waals surface area contributed by atoms with Crippen LogP contribution in [0.5, 0.6) is 0 Å². The highest BCUT2D eigenvalue weighted by Crippen LogP contribution is 2.13. The molecule has 0 aromatic heterocycles. The molecule has 1 N–H and O–H groups in total. The standard InChI is InChI=1S/C22H42N2O2/c1-2-3-4-5-6-7-8-9-10-11-12-13-14-15-16-17-23-18-19-24(20-21-25)22(23)26/h16-17,25H,2-15,18-21H2,1H3/b17-16-. The van der Waals surface area contributed by atoms with E-state index in [2.05, 4.69) is 13.0 Å². The Kier molecular flexibility index (Phi) is 14.3. The molecule has 4 heteroatoms. The SMILES string of the molecule is CCCCCCCCCCCCCCC/C=C\N1CCN(CCO)C1=O. The van der Waals surface area contributed by atoms with Gasteiger partial charge in [-0.1, -0.05) is 90.0 Å². The number of carbonyl (C=O) groups is 1. The molecule has 0 radical (unpaired) electrons. The van der Waals surface area contributed by atoms with Crippen molar-refractivity contribution in [1.29, 1.82) is 0 Å². The zero-order chi connectivity index (χ0) is 18.9. The largest absolute Gasteiger partial charge is 0.395 e. The van der Waals surface area contributed by atoms with Gasteiger partial charge in [-0.3, -0.25) is 4.90 Å². The molecule has 1 aliphatic heterocycles. The second-order valence-corrected chi connectivity index (χ2v) is 7.60. The molecule has 1 rings (SSSR count). The lowest BCUT2D eigenvalue weighted by atomic mass is 10.0. The molecule has 2 amide bonds. The van der Waals surface area contributed by atoms with Crippen LogP contribution in [0.25, 0.3) is 0 Å². The number of unbranched alkanes of at least 4 members (excludes halogenated alkanes) is 13. The number of β-amino-alcohol motifs (C(OH)–C–C–N with tert-alkyl or cyclic N) is 1. The number of amides is 2. The van der Waals surface area contributed by atoms with E-state index in [1.807, 2.05) is 6.20 Å². The molecule has 0 unspecified atom stereocenters. The Morgan fingerprint density at radius 2 is 1.38 bits per heavy atom. The lowest BCUT2D eigenvalue weighted by Gasteiger charge is -2.14. The lowest BCUT2D eigenvalue weighted by molar-refractivity contribution is 0.186. The minimum Gasteiger partial charge on any atom is -0.395 e. The summed E-state index contributed by atoms with van der Waals surface area (Å²) in [6, 6.07) is 0.0284. The fraction of sp³-hybridized carbons (Fsp3) is 0.864. The molecule has 0 aliphatic carbocycles. The number of nitrogens with zero attached hydrogens (tertiary/aromatic N) is 2. The molecule has 1 heterocycles. The molecule has 0 saturated carbocycles. The van der Waals surface area contributed by atoms with E-state index in [9.17, 15) is 4.79 Å². The summed E-state index contributed by atoms with van der Waals surface area (Å²) in [7, 11) is 0. The van der Waals surface area contributed by atoms with Crippen LogP contribution in [0.15, 0.2) is 12.3 Å². The van der Waals surface area contributed by atoms with Crippen molar-refractivity contribution in [3.8, 4) is 0 Å². The molecule has 152 valence electrons. The summed E-state index contributed by atoms with van der Waals surface area (Å²) in [6.45, 7) is 4.23. The van der Waals surface area contributed by atoms with Crippen molar-refractivity contribution >= 4 is 6.03 Å². The number of allylic oxidation sites excluding steroid dienone is 1. The van der Waals surface area contributed by atoms with Crippen LogP contribution in [0.3, 0.4) is 0 Å². The lowest BCUT2D eigenvalue weighted by Crippen LogP contribution is -2.31. The van der Waals surface area contributed by atoms with Crippen molar-refractivity contribution in [1.82, 2.24) is 9.80 Å². The van der Waals surface area contributed by atoms with Gasteiger partial charge in [0, 0.05) is 25.8 Å². The second kappa shape index (κ2) is 16.2. The average Bonchev–Trinajstić information content (AvgIpc) is 2.99. The molecule has 0 spiro atoms. The first-order valence-corrected chi connectivity index (χ1v) is 11.1. The van der Waals surface area contributed by atoms with Gasteiger partial charge < -0.3 is 10.0 Å². The van der Waals surface area contributed by atoms with Gasteiger partial charge in [-0.2, -0.15) is 0 Å². The van der Waals surface area contributed by atoms with Crippen LogP contribution in [0.2, 0.25) is 0 Å². The Hall–Kier alpha value is -1.03. The van der Waals surface area contributed by atoms with Crippen molar-refractivity contribution in [3.05, 3.63) is 12.3 Å². The van der Waals surface area contributed by atoms with Crippen LogP contribution in [-0.2, 0) is 0 Å². The minimum atomic E-state index is 0.0284. The Balaban J connectivity index is 1.84. The Labute approximate surface area is 161 Å². The highest BCUT2D eigenvalue weighted by molar-refractivity contribution is 5.77. The van der Waals surface area contributed by atoms with Crippen LogP contribution in [0.4, 0.5) is 4.79 Å². The van der Waals surface area contributed by atoms with Gasteiger partial charge in [0.05, 0.1) is 6.61 Å². The summed E-state index contributed by atoms with van der Waals surface area (Å²) in [5.41, 5.74) is 0. The van der Waals surface area contributed by atoms with Crippen molar-refractivity contribution in [2.24, 2.45) is 0 Å². The topological polar surface area (TPSA) is 43.8 Å². The first-order chi connectivity index (χ1) is 12.8. The predicted molar refractivity (Wildman–Crippen MR) is 110 cm³/mol. The fourth-order valence-electron chi connectivity index (χ4n) is 3.55. The summed E-state index contributed by atoms with van der Waals surface area (Å²) in [5.74, 6) is 0. The van der Waals surface area contributed by atoms with Crippen molar-refractivity contribution in [2.45, 2.75) is 96.8 Å². The highest BCUT2D eigenvalue weighted by Gasteiger charge is 2.25. The van der Waals surface area contributed by atoms with E-state index in [-0.39, 0.29) is 12.6 Å². The van der Waals surface area contributed by atoms with E-state index in [1.54, 1.807) is 9.80 Å². The molecule has 0 aromatic rings. The summed E-state index contributed by atoms with van der Waals surface area (Å²) in [6.07, 6.45) is 23.1. The van der Waals surface area contributed by atoms with Gasteiger partial charge in [0.15, 0.2) is 0 Å². The fourth-order valence-corrected chi connectivity index (χ4v) is 3.55. The van der Waals surface area contributed by atoms with Crippen LogP contribution in [0.1, 0.15) is 96.8 Å². The number of rotatable bonds is 17. The van der Waals surface area contributed by atoms with Gasteiger partial charge in [0.2, 0.25) is 0 Å². The molecule has 26 heavy (non-hydrogen) atoms. The monoisotopic (exact) mass is 366 g/mol. The normalized spacial score (nSPS) is 14.9. The summed E-state index contributed by atoms with van der Waals surface area (Å²) < 4.78 is 0. The maximum absolute atomic E-state index is 12.0. The number of urea groups is 1. The first-order valence-electron chi connectivity index (χ1n) is 11.1. The summed E-state index contributed by atoms with van der Waals surface area (Å²) in [5, 5.41) is 8.92. The molecule has 1 saturated heterocycles. The highest BCUT2D eigenvalue weighted by atomic mass is 16.3. The van der Waals surface area contributed by atoms with Gasteiger partial charge in [0.1, 0.15) is 0 Å². The number of carbonyl (C=O) groups excluding carboxylic acids is 1. The van der Waals surface area contributed by atoms with Gasteiger partial charge in [-0.15, -0.1) is 0 Å². The van der Waals surface area contributed by atoms with Gasteiger partial charge in [-0.05, 0) is 12.8 Å². The molecule has 1 fully saturated rings. The predicted octanol–water partition coefficient (Wildman–Crippen LogP) is 5.71. The van der Waals surface area contributed by atoms with E-state index in [1.165, 1.54) is 83.5 Å². The van der Waals surface area contributed by atoms with E-state index < -0.39 is 0 Å². The third-order valence-electron chi connectivity index (χ3n) is 5.26. The van der Waals surface area contributed by atoms with E-state index in [4.69, 9.17) is 5.11 Å². The minimum absolute atomic E-state index is 0.0284. The van der Waals surface area contributed by atoms with Crippen molar-refractivity contribution < 1.29 is 9.90 Å². The van der Waals surface area contributed by atoms with Gasteiger partial charge in [0.25, 0.3) is 0 Å². The van der Waals surface area contributed by atoms with E-state index in [0.29, 0.717) is 6.54 Å². The average molecular weight is 367 g/mol. The van der Waals surface area contributed by atoms with Gasteiger partial charge in [-0.25, -0.2) is 4.79 Å². The maximum atomic E-state index is 12.0. The van der Waals surface area contributed by atoms with E-state index >= 15 is 0 Å². The molecule has 0 atom stereocenters. The molecule has 0 bridgehead atoms. The zero-order valence-corrected chi connectivity index (χ0v) is 17.1. The summed E-state index contributed by atoms with van der Waals surface area (Å²) >= 11 is 0. The number of aliphatic hydroxyl groups is 1.